The van der Waals surface area contributed by atoms with E-state index in [2.05, 4.69) is 38.8 Å². The van der Waals surface area contributed by atoms with Crippen LogP contribution < -0.4 is 0 Å². The molecule has 1 rings (SSSR count). The van der Waals surface area contributed by atoms with E-state index >= 15 is 0 Å². The predicted octanol–water partition coefficient (Wildman–Crippen LogP) is 3.53. The topological polar surface area (TPSA) is 0 Å². The van der Waals surface area contributed by atoms with Crippen molar-refractivity contribution < 1.29 is 4.39 Å². The van der Waals surface area contributed by atoms with Crippen LogP contribution >= 0.6 is 31.9 Å². The van der Waals surface area contributed by atoms with E-state index in [1.54, 1.807) is 6.07 Å². The van der Waals surface area contributed by atoms with Gasteiger partial charge in [-0.25, -0.2) is 4.39 Å². The number of hydrogen-bond acceptors (Lipinski definition) is 0. The largest absolute Gasteiger partial charge is 0.207 e. The van der Waals surface area contributed by atoms with Crippen LogP contribution in [0.15, 0.2) is 21.1 Å². The van der Waals surface area contributed by atoms with Gasteiger partial charge in [-0.2, -0.15) is 0 Å². The van der Waals surface area contributed by atoms with E-state index in [-0.39, 0.29) is 5.82 Å². The molecule has 0 aromatic heterocycles. The van der Waals surface area contributed by atoms with Gasteiger partial charge in [0.25, 0.3) is 0 Å². The Morgan fingerprint density at radius 2 is 1.90 bits per heavy atom. The van der Waals surface area contributed by atoms with Gasteiger partial charge in [0.05, 0.1) is 0 Å². The molecule has 53 valence electrons. The molecule has 1 aromatic carbocycles. The summed E-state index contributed by atoms with van der Waals surface area (Å²) in [6.07, 6.45) is 0. The van der Waals surface area contributed by atoms with Crippen molar-refractivity contribution >= 4 is 31.9 Å². The van der Waals surface area contributed by atoms with E-state index in [1.165, 1.54) is 6.07 Å². The van der Waals surface area contributed by atoms with Crippen molar-refractivity contribution in [3.05, 3.63) is 39.4 Å². The Hall–Kier alpha value is 0.110. The standard InChI is InChI=1S/C7H4Br2F/c1-4-6(9)2-5(8)3-7(4)10/h2-3H,1H2. The predicted molar refractivity (Wildman–Crippen MR) is 46.3 cm³/mol. The monoisotopic (exact) mass is 265 g/mol. The summed E-state index contributed by atoms with van der Waals surface area (Å²) >= 11 is 6.31. The zero-order chi connectivity index (χ0) is 7.72. The molecule has 0 atom stereocenters. The lowest BCUT2D eigenvalue weighted by Gasteiger charge is -1.99. The molecule has 0 aliphatic heterocycles. The van der Waals surface area contributed by atoms with Crippen LogP contribution in [0.2, 0.25) is 0 Å². The fourth-order valence-electron chi connectivity index (χ4n) is 0.572. The third-order valence-electron chi connectivity index (χ3n) is 1.11. The highest BCUT2D eigenvalue weighted by Gasteiger charge is 2.02. The van der Waals surface area contributed by atoms with E-state index in [1.807, 2.05) is 0 Å². The molecule has 0 fully saturated rings. The molecule has 3 heteroatoms. The Labute approximate surface area is 75.7 Å². The fraction of sp³-hybridized carbons (Fsp3) is 0. The third kappa shape index (κ3) is 1.58. The van der Waals surface area contributed by atoms with Gasteiger partial charge in [-0.15, -0.1) is 0 Å². The second kappa shape index (κ2) is 3.01. The van der Waals surface area contributed by atoms with Crippen LogP contribution in [0.4, 0.5) is 4.39 Å². The van der Waals surface area contributed by atoms with Crippen molar-refractivity contribution in [2.24, 2.45) is 0 Å². The number of rotatable bonds is 0. The van der Waals surface area contributed by atoms with Gasteiger partial charge >= 0.3 is 0 Å². The van der Waals surface area contributed by atoms with Crippen molar-refractivity contribution in [3.63, 3.8) is 0 Å². The van der Waals surface area contributed by atoms with Crippen LogP contribution in [0.5, 0.6) is 0 Å². The maximum absolute atomic E-state index is 12.7. The summed E-state index contributed by atoms with van der Waals surface area (Å²) in [6, 6.07) is 3.14. The maximum atomic E-state index is 12.7. The lowest BCUT2D eigenvalue weighted by Crippen LogP contribution is -1.82. The van der Waals surface area contributed by atoms with Crippen LogP contribution in [0.25, 0.3) is 0 Å². The summed E-state index contributed by atoms with van der Waals surface area (Å²) in [7, 11) is 0. The Bertz CT molecular complexity index is 235. The molecule has 0 saturated heterocycles. The number of hydrogen-bond donors (Lipinski definition) is 0. The van der Waals surface area contributed by atoms with Gasteiger partial charge in [0, 0.05) is 14.5 Å². The number of benzene rings is 1. The Balaban J connectivity index is 3.31. The first-order chi connectivity index (χ1) is 4.61. The van der Waals surface area contributed by atoms with Crippen molar-refractivity contribution in [3.8, 4) is 0 Å². The summed E-state index contributed by atoms with van der Waals surface area (Å²) in [5.41, 5.74) is 0.392. The van der Waals surface area contributed by atoms with Crippen LogP contribution in [0.1, 0.15) is 5.56 Å². The molecule has 1 radical (unpaired) electrons. The molecule has 0 aliphatic carbocycles. The molecule has 0 N–H and O–H groups in total. The van der Waals surface area contributed by atoms with Crippen LogP contribution in [0, 0.1) is 12.7 Å². The van der Waals surface area contributed by atoms with Crippen molar-refractivity contribution in [1.82, 2.24) is 0 Å². The minimum absolute atomic E-state index is 0.304. The van der Waals surface area contributed by atoms with Gasteiger partial charge in [0.2, 0.25) is 0 Å². The van der Waals surface area contributed by atoms with Crippen LogP contribution in [0.3, 0.4) is 0 Å². The highest BCUT2D eigenvalue weighted by atomic mass is 79.9. The van der Waals surface area contributed by atoms with Gasteiger partial charge in [0.15, 0.2) is 0 Å². The average molecular weight is 267 g/mol. The molecule has 0 unspecified atom stereocenters. The van der Waals surface area contributed by atoms with Gasteiger partial charge in [0.1, 0.15) is 5.82 Å². The number of halogens is 3. The Morgan fingerprint density at radius 1 is 1.30 bits per heavy atom. The van der Waals surface area contributed by atoms with Crippen LogP contribution in [-0.4, -0.2) is 0 Å². The van der Waals surface area contributed by atoms with Gasteiger partial charge in [-0.3, -0.25) is 0 Å². The lowest BCUT2D eigenvalue weighted by molar-refractivity contribution is 0.621. The summed E-state index contributed by atoms with van der Waals surface area (Å²) in [5.74, 6) is -0.304. The van der Waals surface area contributed by atoms with Crippen molar-refractivity contribution in [2.45, 2.75) is 0 Å². The van der Waals surface area contributed by atoms with Gasteiger partial charge in [-0.1, -0.05) is 31.9 Å². The quantitative estimate of drug-likeness (QED) is 0.674. The zero-order valence-corrected chi connectivity index (χ0v) is 8.17. The summed E-state index contributed by atoms with van der Waals surface area (Å²) < 4.78 is 14.1. The Morgan fingerprint density at radius 3 is 2.40 bits per heavy atom. The molecule has 10 heavy (non-hydrogen) atoms. The molecule has 0 nitrogen and oxygen atoms in total. The summed E-state index contributed by atoms with van der Waals surface area (Å²) in [6.45, 7) is 3.52. The van der Waals surface area contributed by atoms with Crippen LogP contribution in [-0.2, 0) is 0 Å². The normalized spacial score (nSPS) is 10.0. The first-order valence-corrected chi connectivity index (χ1v) is 4.16. The summed E-state index contributed by atoms with van der Waals surface area (Å²) in [4.78, 5) is 0. The summed E-state index contributed by atoms with van der Waals surface area (Å²) in [5, 5.41) is 0. The molecule has 0 aliphatic rings. The second-order valence-corrected chi connectivity index (χ2v) is 3.62. The van der Waals surface area contributed by atoms with E-state index in [0.29, 0.717) is 14.5 Å². The molecule has 0 saturated carbocycles. The fourth-order valence-corrected chi connectivity index (χ4v) is 1.75. The van der Waals surface area contributed by atoms with E-state index < -0.39 is 0 Å². The minimum Gasteiger partial charge on any atom is -0.207 e. The molecular formula is C7H4Br2F. The molecule has 1 aromatic rings. The Kier molecular flexibility index (Phi) is 2.47. The highest BCUT2D eigenvalue weighted by Crippen LogP contribution is 2.23. The SMILES string of the molecule is [CH2]c1c(F)cc(Br)cc1Br. The van der Waals surface area contributed by atoms with E-state index in [4.69, 9.17) is 0 Å². The minimum atomic E-state index is -0.304. The highest BCUT2D eigenvalue weighted by molar-refractivity contribution is 9.11. The van der Waals surface area contributed by atoms with E-state index in [0.717, 1.165) is 0 Å². The lowest BCUT2D eigenvalue weighted by atomic mass is 10.2. The first kappa shape index (κ1) is 8.21. The van der Waals surface area contributed by atoms with Crippen molar-refractivity contribution in [1.29, 1.82) is 0 Å². The molecule has 0 amide bonds. The van der Waals surface area contributed by atoms with Crippen molar-refractivity contribution in [2.75, 3.05) is 0 Å². The van der Waals surface area contributed by atoms with E-state index in [9.17, 15) is 4.39 Å². The molecular weight excluding hydrogens is 263 g/mol. The smallest absolute Gasteiger partial charge is 0.128 e. The van der Waals surface area contributed by atoms with Gasteiger partial charge < -0.3 is 0 Å². The molecule has 0 bridgehead atoms. The molecule has 0 spiro atoms. The molecule has 0 heterocycles. The average Bonchev–Trinajstić information content (AvgIpc) is 1.82. The van der Waals surface area contributed by atoms with Gasteiger partial charge in [-0.05, 0) is 19.1 Å². The first-order valence-electron chi connectivity index (χ1n) is 2.58. The second-order valence-electron chi connectivity index (χ2n) is 1.85. The third-order valence-corrected chi connectivity index (χ3v) is 2.27. The maximum Gasteiger partial charge on any atom is 0.128 e. The zero-order valence-electron chi connectivity index (χ0n) is 5.00.